The van der Waals surface area contributed by atoms with E-state index >= 15 is 0 Å². The van der Waals surface area contributed by atoms with Crippen molar-refractivity contribution in [3.8, 4) is 0 Å². The summed E-state index contributed by atoms with van der Waals surface area (Å²) in [7, 11) is 2.72. The largest absolute Gasteiger partial charge is 0.377 e. The first-order chi connectivity index (χ1) is 8.06. The molecule has 1 saturated heterocycles. The van der Waals surface area contributed by atoms with Crippen LogP contribution in [0.1, 0.15) is 12.6 Å². The van der Waals surface area contributed by atoms with Crippen LogP contribution in [0.3, 0.4) is 0 Å². The Morgan fingerprint density at radius 1 is 1.53 bits per heavy atom. The molecular weight excluding hydrogens is 231 g/mol. The molecule has 0 aliphatic carbocycles. The van der Waals surface area contributed by atoms with Gasteiger partial charge in [0.15, 0.2) is 6.23 Å². The van der Waals surface area contributed by atoms with Gasteiger partial charge in [-0.15, -0.1) is 0 Å². The van der Waals surface area contributed by atoms with E-state index in [0.29, 0.717) is 17.6 Å². The minimum atomic E-state index is -0.988. The zero-order valence-corrected chi connectivity index (χ0v) is 9.55. The summed E-state index contributed by atoms with van der Waals surface area (Å²) in [5.74, 6) is -0.988. The normalized spacial score (nSPS) is 24.2. The number of aromatic nitrogens is 2. The van der Waals surface area contributed by atoms with Crippen LogP contribution in [-0.4, -0.2) is 29.0 Å². The first kappa shape index (κ1) is 12.0. The molecule has 2 rings (SSSR count). The predicted molar refractivity (Wildman–Crippen MR) is 56.3 cm³/mol. The Bertz CT molecular complexity index is 536. The summed E-state index contributed by atoms with van der Waals surface area (Å²) >= 11 is 0. The average molecular weight is 244 g/mol. The van der Waals surface area contributed by atoms with Crippen molar-refractivity contribution < 1.29 is 13.9 Å². The lowest BCUT2D eigenvalue weighted by Crippen LogP contribution is -2.42. The molecule has 0 bridgehead atoms. The molecule has 7 heteroatoms. The fourth-order valence-electron chi connectivity index (χ4n) is 1.88. The number of rotatable bonds is 2. The highest BCUT2D eigenvalue weighted by Crippen LogP contribution is 2.24. The van der Waals surface area contributed by atoms with E-state index in [-0.39, 0.29) is 6.10 Å². The summed E-state index contributed by atoms with van der Waals surface area (Å²) in [4.78, 5) is 23.0. The fourth-order valence-corrected chi connectivity index (χ4v) is 1.88. The zero-order valence-electron chi connectivity index (χ0n) is 9.55. The minimum absolute atomic E-state index is 0.315. The van der Waals surface area contributed by atoms with Gasteiger partial charge in [0.2, 0.25) is 5.82 Å². The van der Waals surface area contributed by atoms with E-state index in [9.17, 15) is 14.0 Å². The van der Waals surface area contributed by atoms with Gasteiger partial charge in [0.25, 0.3) is 5.56 Å². The maximum absolute atomic E-state index is 13.3. The van der Waals surface area contributed by atoms with Crippen molar-refractivity contribution in [2.45, 2.75) is 18.8 Å². The Kier molecular flexibility index (Phi) is 3.12. The predicted octanol–water partition coefficient (Wildman–Crippen LogP) is -0.380. The van der Waals surface area contributed by atoms with E-state index in [0.717, 1.165) is 10.8 Å². The Morgan fingerprint density at radius 3 is 2.88 bits per heavy atom. The first-order valence-electron chi connectivity index (χ1n) is 5.18. The van der Waals surface area contributed by atoms with Gasteiger partial charge in [-0.1, -0.05) is 0 Å². The summed E-state index contributed by atoms with van der Waals surface area (Å²) in [6.07, 6.45) is 0.489. The van der Waals surface area contributed by atoms with Crippen LogP contribution in [-0.2, 0) is 16.5 Å². The minimum Gasteiger partial charge on any atom is -0.377 e. The highest BCUT2D eigenvalue weighted by molar-refractivity contribution is 4.92. The average Bonchev–Trinajstić information content (AvgIpc) is 2.79. The molecule has 0 N–H and O–H groups in total. The molecule has 0 aromatic carbocycles. The van der Waals surface area contributed by atoms with Crippen LogP contribution in [0.5, 0.6) is 0 Å². The zero-order chi connectivity index (χ0) is 12.6. The summed E-state index contributed by atoms with van der Waals surface area (Å²) in [6.45, 7) is 0.431. The molecule has 17 heavy (non-hydrogen) atoms. The maximum Gasteiger partial charge on any atom is 0.333 e. The third-order valence-electron chi connectivity index (χ3n) is 2.86. The van der Waals surface area contributed by atoms with Gasteiger partial charge in [0, 0.05) is 20.6 Å². The van der Waals surface area contributed by atoms with Gasteiger partial charge in [-0.3, -0.25) is 13.9 Å². The molecule has 1 fully saturated rings. The van der Waals surface area contributed by atoms with Crippen LogP contribution in [0.2, 0.25) is 0 Å². The number of ether oxygens (including phenoxy) is 2. The standard InChI is InChI=1S/C10H13FN2O4/c1-12-8(14)6(11)5-13(10(12)15)9-7(16-2)3-4-17-9/h5,7,9H,3-4H2,1-2H3/t7-,9-/m0/s1. The van der Waals surface area contributed by atoms with Crippen LogP contribution in [0.25, 0.3) is 0 Å². The summed E-state index contributed by atoms with van der Waals surface area (Å²) in [6, 6.07) is 0. The van der Waals surface area contributed by atoms with Gasteiger partial charge in [0.1, 0.15) is 6.10 Å². The number of methoxy groups -OCH3 is 1. The molecule has 0 spiro atoms. The molecular formula is C10H13FN2O4. The molecule has 94 valence electrons. The number of hydrogen-bond donors (Lipinski definition) is 0. The number of nitrogens with zero attached hydrogens (tertiary/aromatic N) is 2. The molecule has 1 aromatic heterocycles. The summed E-state index contributed by atoms with van der Waals surface area (Å²) in [5.41, 5.74) is -1.57. The molecule has 1 aliphatic heterocycles. The van der Waals surface area contributed by atoms with Crippen molar-refractivity contribution in [3.05, 3.63) is 32.9 Å². The molecule has 6 nitrogen and oxygen atoms in total. The van der Waals surface area contributed by atoms with Crippen molar-refractivity contribution >= 4 is 0 Å². The van der Waals surface area contributed by atoms with E-state index < -0.39 is 23.3 Å². The highest BCUT2D eigenvalue weighted by Gasteiger charge is 2.31. The molecule has 0 saturated carbocycles. The number of hydrogen-bond acceptors (Lipinski definition) is 4. The Morgan fingerprint density at radius 2 is 2.24 bits per heavy atom. The summed E-state index contributed by atoms with van der Waals surface area (Å²) < 4.78 is 25.6. The van der Waals surface area contributed by atoms with Crippen molar-refractivity contribution in [2.24, 2.45) is 7.05 Å². The second kappa shape index (κ2) is 4.42. The van der Waals surface area contributed by atoms with Crippen LogP contribution in [0.15, 0.2) is 15.8 Å². The SMILES string of the molecule is CO[C@H]1CCO[C@@H]1n1cc(F)c(=O)n(C)c1=O. The molecule has 0 amide bonds. The van der Waals surface area contributed by atoms with Crippen molar-refractivity contribution in [1.29, 1.82) is 0 Å². The van der Waals surface area contributed by atoms with E-state index in [4.69, 9.17) is 9.47 Å². The molecule has 1 aromatic rings. The Labute approximate surface area is 96.2 Å². The van der Waals surface area contributed by atoms with E-state index in [2.05, 4.69) is 0 Å². The third-order valence-corrected chi connectivity index (χ3v) is 2.86. The van der Waals surface area contributed by atoms with E-state index in [1.54, 1.807) is 0 Å². The van der Waals surface area contributed by atoms with Crippen molar-refractivity contribution in [2.75, 3.05) is 13.7 Å². The lowest BCUT2D eigenvalue weighted by Gasteiger charge is -2.19. The molecule has 2 heterocycles. The number of halogens is 1. The van der Waals surface area contributed by atoms with Crippen LogP contribution in [0.4, 0.5) is 4.39 Å². The topological polar surface area (TPSA) is 62.5 Å². The van der Waals surface area contributed by atoms with Crippen molar-refractivity contribution in [1.82, 2.24) is 9.13 Å². The monoisotopic (exact) mass is 244 g/mol. The van der Waals surface area contributed by atoms with Crippen LogP contribution >= 0.6 is 0 Å². The van der Waals surface area contributed by atoms with Crippen molar-refractivity contribution in [3.63, 3.8) is 0 Å². The first-order valence-corrected chi connectivity index (χ1v) is 5.18. The lowest BCUT2D eigenvalue weighted by molar-refractivity contribution is -0.0322. The second-order valence-electron chi connectivity index (χ2n) is 3.86. The van der Waals surface area contributed by atoms with Gasteiger partial charge < -0.3 is 9.47 Å². The van der Waals surface area contributed by atoms with Gasteiger partial charge in [-0.2, -0.15) is 4.39 Å². The molecule has 0 unspecified atom stereocenters. The Balaban J connectivity index is 2.53. The molecule has 0 radical (unpaired) electrons. The summed E-state index contributed by atoms with van der Waals surface area (Å²) in [5, 5.41) is 0. The van der Waals surface area contributed by atoms with Gasteiger partial charge >= 0.3 is 5.69 Å². The molecule has 1 aliphatic rings. The quantitative estimate of drug-likeness (QED) is 0.711. The smallest absolute Gasteiger partial charge is 0.333 e. The highest BCUT2D eigenvalue weighted by atomic mass is 19.1. The van der Waals surface area contributed by atoms with Gasteiger partial charge in [-0.25, -0.2) is 4.79 Å². The maximum atomic E-state index is 13.3. The van der Waals surface area contributed by atoms with Gasteiger partial charge in [0.05, 0.1) is 12.8 Å². The second-order valence-corrected chi connectivity index (χ2v) is 3.86. The molecule has 2 atom stereocenters. The Hall–Kier alpha value is -1.47. The van der Waals surface area contributed by atoms with E-state index in [1.165, 1.54) is 14.2 Å². The van der Waals surface area contributed by atoms with Crippen LogP contribution in [0, 0.1) is 5.82 Å². The van der Waals surface area contributed by atoms with Gasteiger partial charge in [-0.05, 0) is 0 Å². The lowest BCUT2D eigenvalue weighted by atomic mass is 10.2. The third kappa shape index (κ3) is 1.91. The fraction of sp³-hybridized carbons (Fsp3) is 0.600. The van der Waals surface area contributed by atoms with E-state index in [1.807, 2.05) is 0 Å². The van der Waals surface area contributed by atoms with Crippen LogP contribution < -0.4 is 11.2 Å².